The van der Waals surface area contributed by atoms with Crippen LogP contribution in [-0.2, 0) is 9.59 Å². The number of rotatable bonds is 3. The molecule has 1 unspecified atom stereocenters. The number of carboxylic acids is 1. The van der Waals surface area contributed by atoms with Gasteiger partial charge in [-0.25, -0.2) is 9.48 Å². The lowest BCUT2D eigenvalue weighted by Crippen LogP contribution is -2.57. The molecule has 4 amide bonds. The quantitative estimate of drug-likeness (QED) is 0.583. The first-order chi connectivity index (χ1) is 14.9. The van der Waals surface area contributed by atoms with Gasteiger partial charge in [-0.3, -0.25) is 29.4 Å². The number of carbonyl (C=O) groups is 5. The van der Waals surface area contributed by atoms with E-state index in [-0.39, 0.29) is 29.7 Å². The van der Waals surface area contributed by atoms with Gasteiger partial charge < -0.3 is 5.11 Å². The van der Waals surface area contributed by atoms with E-state index < -0.39 is 35.6 Å². The Labute approximate surface area is 173 Å². The number of piperidine rings is 1. The van der Waals surface area contributed by atoms with Crippen LogP contribution in [0.5, 0.6) is 0 Å². The van der Waals surface area contributed by atoms with Gasteiger partial charge in [0, 0.05) is 28.3 Å². The minimum atomic E-state index is -1.24. The van der Waals surface area contributed by atoms with Gasteiger partial charge in [0.05, 0.1) is 11.9 Å². The molecular formula is C20H13N5O6. The highest BCUT2D eigenvalue weighted by molar-refractivity contribution is 6.27. The SMILES string of the molecule is O=C1CCC(N2C(=O)c3cccc4c(-n5cc(C(=O)O)nn5)ccc(c34)C2=O)C(=O)N1. The number of amides is 4. The molecule has 1 aromatic heterocycles. The molecule has 0 aliphatic carbocycles. The monoisotopic (exact) mass is 419 g/mol. The zero-order valence-corrected chi connectivity index (χ0v) is 15.7. The Bertz CT molecular complexity index is 1320. The smallest absolute Gasteiger partial charge is 0.358 e. The van der Waals surface area contributed by atoms with E-state index in [2.05, 4.69) is 15.6 Å². The Morgan fingerprint density at radius 1 is 1.06 bits per heavy atom. The van der Waals surface area contributed by atoms with E-state index in [0.717, 1.165) is 4.90 Å². The molecule has 1 saturated heterocycles. The van der Waals surface area contributed by atoms with Crippen molar-refractivity contribution >= 4 is 40.4 Å². The first-order valence-corrected chi connectivity index (χ1v) is 9.30. The molecule has 3 aromatic rings. The molecule has 11 nitrogen and oxygen atoms in total. The third-order valence-electron chi connectivity index (χ3n) is 5.40. The lowest BCUT2D eigenvalue weighted by Gasteiger charge is -2.34. The van der Waals surface area contributed by atoms with E-state index in [1.54, 1.807) is 24.3 Å². The highest BCUT2D eigenvalue weighted by atomic mass is 16.4. The van der Waals surface area contributed by atoms with Crippen LogP contribution in [0.2, 0.25) is 0 Å². The lowest BCUT2D eigenvalue weighted by atomic mass is 9.91. The maximum absolute atomic E-state index is 13.2. The number of imide groups is 2. The van der Waals surface area contributed by atoms with Crippen LogP contribution in [0.15, 0.2) is 36.5 Å². The van der Waals surface area contributed by atoms with Crippen molar-refractivity contribution in [1.82, 2.24) is 25.2 Å². The number of nitrogens with zero attached hydrogens (tertiary/aromatic N) is 4. The molecule has 2 aromatic carbocycles. The van der Waals surface area contributed by atoms with Crippen LogP contribution in [0.4, 0.5) is 0 Å². The second kappa shape index (κ2) is 6.55. The molecule has 31 heavy (non-hydrogen) atoms. The van der Waals surface area contributed by atoms with Gasteiger partial charge in [-0.2, -0.15) is 0 Å². The lowest BCUT2D eigenvalue weighted by molar-refractivity contribution is -0.136. The predicted molar refractivity (Wildman–Crippen MR) is 102 cm³/mol. The van der Waals surface area contributed by atoms with E-state index in [1.165, 1.54) is 16.9 Å². The van der Waals surface area contributed by atoms with Crippen LogP contribution < -0.4 is 5.32 Å². The van der Waals surface area contributed by atoms with Crippen molar-refractivity contribution in [3.8, 4) is 5.69 Å². The predicted octanol–water partition coefficient (Wildman–Crippen LogP) is 0.520. The summed E-state index contributed by atoms with van der Waals surface area (Å²) in [5.74, 6) is -3.65. The number of nitrogens with one attached hydrogen (secondary N) is 1. The van der Waals surface area contributed by atoms with Crippen molar-refractivity contribution in [1.29, 1.82) is 0 Å². The number of aromatic nitrogens is 3. The second-order valence-corrected chi connectivity index (χ2v) is 7.16. The summed E-state index contributed by atoms with van der Waals surface area (Å²) in [5.41, 5.74) is 0.627. The summed E-state index contributed by atoms with van der Waals surface area (Å²) < 4.78 is 1.26. The number of hydrogen-bond acceptors (Lipinski definition) is 7. The van der Waals surface area contributed by atoms with E-state index in [9.17, 15) is 24.0 Å². The van der Waals surface area contributed by atoms with Crippen LogP contribution in [0.25, 0.3) is 16.5 Å². The van der Waals surface area contributed by atoms with Gasteiger partial charge >= 0.3 is 5.97 Å². The zero-order valence-electron chi connectivity index (χ0n) is 15.7. The van der Waals surface area contributed by atoms with Crippen LogP contribution >= 0.6 is 0 Å². The number of aromatic carboxylic acids is 1. The first kappa shape index (κ1) is 18.6. The summed E-state index contributed by atoms with van der Waals surface area (Å²) in [6.07, 6.45) is 1.32. The van der Waals surface area contributed by atoms with Crippen molar-refractivity contribution in [3.63, 3.8) is 0 Å². The van der Waals surface area contributed by atoms with Crippen molar-refractivity contribution < 1.29 is 29.1 Å². The molecule has 3 heterocycles. The van der Waals surface area contributed by atoms with E-state index in [0.29, 0.717) is 16.5 Å². The first-order valence-electron chi connectivity index (χ1n) is 9.30. The van der Waals surface area contributed by atoms with Gasteiger partial charge in [-0.05, 0) is 24.6 Å². The molecule has 2 aliphatic rings. The highest BCUT2D eigenvalue weighted by Gasteiger charge is 2.42. The molecule has 0 saturated carbocycles. The average Bonchev–Trinajstić information content (AvgIpc) is 3.23. The zero-order chi connectivity index (χ0) is 21.9. The fourth-order valence-electron chi connectivity index (χ4n) is 3.99. The standard InChI is InChI=1S/C20H13N5O6/c26-15-7-6-14(17(27)21-15)25-18(28)10-3-1-2-9-13(5-4-11(16(9)10)19(25)29)24-8-12(20(30)31)22-23-24/h1-5,8,14H,6-7H2,(H,30,31)(H,21,26,27). The minimum absolute atomic E-state index is 0.0294. The van der Waals surface area contributed by atoms with Crippen LogP contribution in [0.3, 0.4) is 0 Å². The van der Waals surface area contributed by atoms with Crippen molar-refractivity contribution in [2.45, 2.75) is 18.9 Å². The average molecular weight is 419 g/mol. The summed E-state index contributed by atoms with van der Waals surface area (Å²) in [6.45, 7) is 0. The third-order valence-corrected chi connectivity index (χ3v) is 5.40. The fourth-order valence-corrected chi connectivity index (χ4v) is 3.99. The maximum Gasteiger partial charge on any atom is 0.358 e. The van der Waals surface area contributed by atoms with Gasteiger partial charge in [0.2, 0.25) is 11.8 Å². The molecule has 0 radical (unpaired) electrons. The molecular weight excluding hydrogens is 406 g/mol. The van der Waals surface area contributed by atoms with Gasteiger partial charge in [0.15, 0.2) is 5.69 Å². The molecule has 0 bridgehead atoms. The Morgan fingerprint density at radius 3 is 2.48 bits per heavy atom. The molecule has 5 rings (SSSR count). The second-order valence-electron chi connectivity index (χ2n) is 7.16. The number of benzene rings is 2. The summed E-state index contributed by atoms with van der Waals surface area (Å²) >= 11 is 0. The van der Waals surface area contributed by atoms with Gasteiger partial charge in [-0.15, -0.1) is 5.10 Å². The summed E-state index contributed by atoms with van der Waals surface area (Å²) in [5, 5.41) is 19.6. The topological polar surface area (TPSA) is 152 Å². The molecule has 2 N–H and O–H groups in total. The third kappa shape index (κ3) is 2.70. The Balaban J connectivity index is 1.65. The van der Waals surface area contributed by atoms with Crippen molar-refractivity contribution in [2.24, 2.45) is 0 Å². The summed E-state index contributed by atoms with van der Waals surface area (Å²) in [4.78, 5) is 62.2. The molecule has 154 valence electrons. The van der Waals surface area contributed by atoms with Gasteiger partial charge in [-0.1, -0.05) is 17.3 Å². The minimum Gasteiger partial charge on any atom is -0.476 e. The van der Waals surface area contributed by atoms with E-state index in [1.807, 2.05) is 0 Å². The van der Waals surface area contributed by atoms with E-state index in [4.69, 9.17) is 5.11 Å². The largest absolute Gasteiger partial charge is 0.476 e. The van der Waals surface area contributed by atoms with Crippen LogP contribution in [-0.4, -0.2) is 60.6 Å². The Hall–Kier alpha value is -4.41. The fraction of sp³-hybridized carbons (Fsp3) is 0.150. The van der Waals surface area contributed by atoms with Gasteiger partial charge in [0.25, 0.3) is 11.8 Å². The number of carbonyl (C=O) groups excluding carboxylic acids is 4. The molecule has 2 aliphatic heterocycles. The molecule has 11 heteroatoms. The number of carboxylic acid groups (broad SMARTS) is 1. The molecule has 1 atom stereocenters. The normalized spacial score (nSPS) is 18.5. The van der Waals surface area contributed by atoms with Crippen molar-refractivity contribution in [3.05, 3.63) is 53.3 Å². The van der Waals surface area contributed by atoms with Gasteiger partial charge in [0.1, 0.15) is 6.04 Å². The highest BCUT2D eigenvalue weighted by Crippen LogP contribution is 2.35. The summed E-state index contributed by atoms with van der Waals surface area (Å²) in [7, 11) is 0. The maximum atomic E-state index is 13.2. The Kier molecular flexibility index (Phi) is 3.93. The van der Waals surface area contributed by atoms with Crippen molar-refractivity contribution in [2.75, 3.05) is 0 Å². The van der Waals surface area contributed by atoms with Crippen LogP contribution in [0.1, 0.15) is 44.0 Å². The number of hydrogen-bond donors (Lipinski definition) is 2. The molecule has 0 spiro atoms. The van der Waals surface area contributed by atoms with E-state index >= 15 is 0 Å². The summed E-state index contributed by atoms with van der Waals surface area (Å²) in [6, 6.07) is 6.84. The Morgan fingerprint density at radius 2 is 1.81 bits per heavy atom. The van der Waals surface area contributed by atoms with Crippen LogP contribution in [0, 0.1) is 0 Å². The molecule has 1 fully saturated rings.